The number of hydrogen-bond donors (Lipinski definition) is 1. The quantitative estimate of drug-likeness (QED) is 0.871. The summed E-state index contributed by atoms with van der Waals surface area (Å²) in [6, 6.07) is 6.25. The number of ether oxygens (including phenoxy) is 1. The van der Waals surface area contributed by atoms with E-state index in [2.05, 4.69) is 12.1 Å². The largest absolute Gasteiger partial charge is 0.494 e. The molecule has 3 heteroatoms. The van der Waals surface area contributed by atoms with E-state index in [4.69, 9.17) is 9.84 Å². The molecule has 98 valence electrons. The van der Waals surface area contributed by atoms with Crippen molar-refractivity contribution in [2.75, 3.05) is 6.61 Å². The van der Waals surface area contributed by atoms with Crippen molar-refractivity contribution in [2.24, 2.45) is 5.92 Å². The molecule has 0 spiro atoms. The molecule has 0 fully saturated rings. The second-order valence-electron chi connectivity index (χ2n) is 5.01. The van der Waals surface area contributed by atoms with E-state index >= 15 is 0 Å². The van der Waals surface area contributed by atoms with Crippen LogP contribution in [0.15, 0.2) is 18.2 Å². The van der Waals surface area contributed by atoms with Crippen molar-refractivity contribution >= 4 is 5.97 Å². The van der Waals surface area contributed by atoms with Crippen LogP contribution in [0.5, 0.6) is 5.75 Å². The van der Waals surface area contributed by atoms with Crippen molar-refractivity contribution in [3.05, 3.63) is 29.3 Å². The molecule has 18 heavy (non-hydrogen) atoms. The predicted octanol–water partition coefficient (Wildman–Crippen LogP) is 3.06. The van der Waals surface area contributed by atoms with Crippen LogP contribution in [-0.4, -0.2) is 17.7 Å². The fourth-order valence-electron chi connectivity index (χ4n) is 2.28. The van der Waals surface area contributed by atoms with E-state index in [1.54, 1.807) is 6.92 Å². The maximum atomic E-state index is 10.7. The van der Waals surface area contributed by atoms with Gasteiger partial charge in [0.15, 0.2) is 0 Å². The lowest BCUT2D eigenvalue weighted by atomic mass is 9.92. The molecule has 1 unspecified atom stereocenters. The van der Waals surface area contributed by atoms with Crippen molar-refractivity contribution in [3.8, 4) is 5.75 Å². The number of benzene rings is 1. The minimum atomic E-state index is -0.760. The highest BCUT2D eigenvalue weighted by atomic mass is 16.5. The Labute approximate surface area is 108 Å². The van der Waals surface area contributed by atoms with Gasteiger partial charge in [-0.05, 0) is 55.4 Å². The molecule has 1 aromatic rings. The topological polar surface area (TPSA) is 46.5 Å². The molecule has 0 aliphatic heterocycles. The van der Waals surface area contributed by atoms with Crippen LogP contribution in [0.1, 0.15) is 37.3 Å². The van der Waals surface area contributed by atoms with Crippen LogP contribution in [-0.2, 0) is 17.6 Å². The standard InChI is InChI=1S/C15H20O3/c1-11(15(16)17)8-9-18-14-7-6-12-4-2-3-5-13(12)10-14/h6-7,10-11H,2-5,8-9H2,1H3,(H,16,17). The van der Waals surface area contributed by atoms with Gasteiger partial charge in [-0.2, -0.15) is 0 Å². The normalized spacial score (nSPS) is 15.8. The number of fused-ring (bicyclic) bond motifs is 1. The van der Waals surface area contributed by atoms with Crippen molar-refractivity contribution in [1.82, 2.24) is 0 Å². The molecule has 1 atom stereocenters. The van der Waals surface area contributed by atoms with Gasteiger partial charge in [0.25, 0.3) is 0 Å². The predicted molar refractivity (Wildman–Crippen MR) is 70.0 cm³/mol. The molecule has 3 nitrogen and oxygen atoms in total. The Kier molecular flexibility index (Phi) is 4.24. The molecule has 0 bridgehead atoms. The molecular weight excluding hydrogens is 228 g/mol. The van der Waals surface area contributed by atoms with Crippen LogP contribution in [0.25, 0.3) is 0 Å². The zero-order valence-corrected chi connectivity index (χ0v) is 10.8. The van der Waals surface area contributed by atoms with Gasteiger partial charge in [0.2, 0.25) is 0 Å². The number of aliphatic carboxylic acids is 1. The number of carbonyl (C=O) groups is 1. The Bertz CT molecular complexity index is 426. The fraction of sp³-hybridized carbons (Fsp3) is 0.533. The van der Waals surface area contributed by atoms with E-state index < -0.39 is 5.97 Å². The number of carboxylic acids is 1. The van der Waals surface area contributed by atoms with Gasteiger partial charge in [-0.3, -0.25) is 4.79 Å². The molecule has 0 heterocycles. The highest BCUT2D eigenvalue weighted by molar-refractivity contribution is 5.69. The molecule has 1 N–H and O–H groups in total. The second-order valence-corrected chi connectivity index (χ2v) is 5.01. The van der Waals surface area contributed by atoms with Gasteiger partial charge in [-0.15, -0.1) is 0 Å². The second kappa shape index (κ2) is 5.89. The molecule has 0 radical (unpaired) electrons. The maximum absolute atomic E-state index is 10.7. The van der Waals surface area contributed by atoms with E-state index in [1.165, 1.54) is 30.4 Å². The van der Waals surface area contributed by atoms with Crippen LogP contribution >= 0.6 is 0 Å². The Morgan fingerprint density at radius 2 is 2.06 bits per heavy atom. The monoisotopic (exact) mass is 248 g/mol. The van der Waals surface area contributed by atoms with E-state index in [1.807, 2.05) is 6.07 Å². The molecule has 0 saturated carbocycles. The first kappa shape index (κ1) is 12.9. The molecule has 1 aliphatic carbocycles. The molecule has 0 amide bonds. The summed E-state index contributed by atoms with van der Waals surface area (Å²) >= 11 is 0. The lowest BCUT2D eigenvalue weighted by molar-refractivity contribution is -0.141. The van der Waals surface area contributed by atoms with Crippen molar-refractivity contribution in [1.29, 1.82) is 0 Å². The fourth-order valence-corrected chi connectivity index (χ4v) is 2.28. The first-order chi connectivity index (χ1) is 8.66. The number of aryl methyl sites for hydroxylation is 2. The van der Waals surface area contributed by atoms with Crippen LogP contribution in [0.2, 0.25) is 0 Å². The third-order valence-corrected chi connectivity index (χ3v) is 3.56. The van der Waals surface area contributed by atoms with Crippen molar-refractivity contribution < 1.29 is 14.6 Å². The van der Waals surface area contributed by atoms with Gasteiger partial charge in [-0.25, -0.2) is 0 Å². The molecule has 1 aliphatic rings. The number of carboxylic acid groups (broad SMARTS) is 1. The van der Waals surface area contributed by atoms with Crippen LogP contribution in [0.4, 0.5) is 0 Å². The minimum Gasteiger partial charge on any atom is -0.494 e. The van der Waals surface area contributed by atoms with Crippen molar-refractivity contribution in [2.45, 2.75) is 39.0 Å². The molecule has 1 aromatic carbocycles. The van der Waals surface area contributed by atoms with E-state index in [0.29, 0.717) is 13.0 Å². The summed E-state index contributed by atoms with van der Waals surface area (Å²) in [7, 11) is 0. The molecule has 0 aromatic heterocycles. The van der Waals surface area contributed by atoms with Gasteiger partial charge in [0, 0.05) is 0 Å². The highest BCUT2D eigenvalue weighted by Crippen LogP contribution is 2.25. The van der Waals surface area contributed by atoms with E-state index in [0.717, 1.165) is 12.2 Å². The van der Waals surface area contributed by atoms with Crippen molar-refractivity contribution in [3.63, 3.8) is 0 Å². The first-order valence-corrected chi connectivity index (χ1v) is 6.64. The van der Waals surface area contributed by atoms with Gasteiger partial charge < -0.3 is 9.84 Å². The van der Waals surface area contributed by atoms with Gasteiger partial charge >= 0.3 is 5.97 Å². The number of rotatable bonds is 5. The zero-order valence-electron chi connectivity index (χ0n) is 10.8. The maximum Gasteiger partial charge on any atom is 0.306 e. The minimum absolute atomic E-state index is 0.345. The molecular formula is C15H20O3. The zero-order chi connectivity index (χ0) is 13.0. The summed E-state index contributed by atoms with van der Waals surface area (Å²) in [6.45, 7) is 2.17. The summed E-state index contributed by atoms with van der Waals surface area (Å²) in [5.41, 5.74) is 2.83. The Hall–Kier alpha value is -1.51. The van der Waals surface area contributed by atoms with Gasteiger partial charge in [-0.1, -0.05) is 13.0 Å². The Morgan fingerprint density at radius 3 is 2.78 bits per heavy atom. The third-order valence-electron chi connectivity index (χ3n) is 3.56. The lowest BCUT2D eigenvalue weighted by Crippen LogP contribution is -2.13. The molecule has 0 saturated heterocycles. The summed E-state index contributed by atoms with van der Waals surface area (Å²) in [5, 5.41) is 8.78. The number of hydrogen-bond acceptors (Lipinski definition) is 2. The van der Waals surface area contributed by atoms with E-state index in [-0.39, 0.29) is 5.92 Å². The highest BCUT2D eigenvalue weighted by Gasteiger charge is 2.12. The smallest absolute Gasteiger partial charge is 0.306 e. The van der Waals surface area contributed by atoms with E-state index in [9.17, 15) is 4.79 Å². The summed E-state index contributed by atoms with van der Waals surface area (Å²) in [5.74, 6) is -0.236. The average Bonchev–Trinajstić information content (AvgIpc) is 2.38. The van der Waals surface area contributed by atoms with Crippen LogP contribution in [0, 0.1) is 5.92 Å². The Balaban J connectivity index is 1.88. The lowest BCUT2D eigenvalue weighted by Gasteiger charge is -2.17. The van der Waals surface area contributed by atoms with Gasteiger partial charge in [0.05, 0.1) is 12.5 Å². The molecule has 2 rings (SSSR count). The third kappa shape index (κ3) is 3.25. The van der Waals surface area contributed by atoms with Crippen LogP contribution in [0.3, 0.4) is 0 Å². The summed E-state index contributed by atoms with van der Waals surface area (Å²) < 4.78 is 5.63. The first-order valence-electron chi connectivity index (χ1n) is 6.64. The summed E-state index contributed by atoms with van der Waals surface area (Å²) in [6.07, 6.45) is 5.39. The van der Waals surface area contributed by atoms with Gasteiger partial charge in [0.1, 0.15) is 5.75 Å². The SMILES string of the molecule is CC(CCOc1ccc2c(c1)CCCC2)C(=O)O. The average molecular weight is 248 g/mol. The summed E-state index contributed by atoms with van der Waals surface area (Å²) in [4.78, 5) is 10.7. The Morgan fingerprint density at radius 1 is 1.33 bits per heavy atom. The van der Waals surface area contributed by atoms with Crippen LogP contribution < -0.4 is 4.74 Å².